The predicted molar refractivity (Wildman–Crippen MR) is 56.4 cm³/mol. The lowest BCUT2D eigenvalue weighted by molar-refractivity contribution is -0.142. The summed E-state index contributed by atoms with van der Waals surface area (Å²) in [4.78, 5) is 10.6. The molecule has 0 amide bonds. The van der Waals surface area contributed by atoms with Crippen LogP contribution in [0.25, 0.3) is 0 Å². The summed E-state index contributed by atoms with van der Waals surface area (Å²) in [6.45, 7) is 3.38. The van der Waals surface area contributed by atoms with E-state index in [2.05, 4.69) is 22.5 Å². The molecular formula is C10H9BrO3. The van der Waals surface area contributed by atoms with Crippen LogP contribution in [-0.2, 0) is 4.79 Å². The van der Waals surface area contributed by atoms with Gasteiger partial charge in [-0.2, -0.15) is 0 Å². The third kappa shape index (κ3) is 2.88. The fraction of sp³-hybridized carbons (Fsp3) is 0.100. The normalized spacial score (nSPS) is 11.8. The van der Waals surface area contributed by atoms with Gasteiger partial charge in [0.05, 0.1) is 0 Å². The van der Waals surface area contributed by atoms with Gasteiger partial charge in [-0.1, -0.05) is 22.5 Å². The Morgan fingerprint density at radius 2 is 2.07 bits per heavy atom. The largest absolute Gasteiger partial charge is 0.478 e. The van der Waals surface area contributed by atoms with Gasteiger partial charge in [-0.3, -0.25) is 0 Å². The van der Waals surface area contributed by atoms with Gasteiger partial charge in [-0.05, 0) is 30.3 Å². The molecule has 0 saturated heterocycles. The van der Waals surface area contributed by atoms with E-state index < -0.39 is 12.1 Å². The van der Waals surface area contributed by atoms with Gasteiger partial charge in [0.15, 0.2) is 0 Å². The average Bonchev–Trinajstić information content (AvgIpc) is 2.16. The molecule has 0 saturated carbocycles. The number of rotatable bonds is 4. The van der Waals surface area contributed by atoms with Gasteiger partial charge in [0.2, 0.25) is 6.10 Å². The topological polar surface area (TPSA) is 46.5 Å². The van der Waals surface area contributed by atoms with Crippen LogP contribution in [0.15, 0.2) is 41.4 Å². The van der Waals surface area contributed by atoms with Gasteiger partial charge in [-0.15, -0.1) is 0 Å². The molecule has 4 heteroatoms. The fourth-order valence-corrected chi connectivity index (χ4v) is 1.12. The Balaban J connectivity index is 2.72. The summed E-state index contributed by atoms with van der Waals surface area (Å²) in [5, 5.41) is 8.68. The zero-order chi connectivity index (χ0) is 10.6. The van der Waals surface area contributed by atoms with Crippen molar-refractivity contribution in [3.05, 3.63) is 41.4 Å². The Hall–Kier alpha value is -1.29. The van der Waals surface area contributed by atoms with Crippen molar-refractivity contribution >= 4 is 21.9 Å². The average molecular weight is 257 g/mol. The van der Waals surface area contributed by atoms with Gasteiger partial charge >= 0.3 is 5.97 Å². The molecule has 1 atom stereocenters. The van der Waals surface area contributed by atoms with Gasteiger partial charge < -0.3 is 9.84 Å². The molecule has 1 rings (SSSR count). The SMILES string of the molecule is C=C[C@H](Oc1ccc(Br)cc1)C(=O)O. The molecule has 1 aromatic rings. The van der Waals surface area contributed by atoms with E-state index in [1.54, 1.807) is 24.3 Å². The number of halogens is 1. The third-order valence-corrected chi connectivity index (χ3v) is 2.06. The maximum atomic E-state index is 10.6. The maximum Gasteiger partial charge on any atom is 0.349 e. The standard InChI is InChI=1S/C10H9BrO3/c1-2-9(10(12)13)14-8-5-3-7(11)4-6-8/h2-6,9H,1H2,(H,12,13)/t9-/m0/s1. The summed E-state index contributed by atoms with van der Waals surface area (Å²) in [6.07, 6.45) is 0.237. The van der Waals surface area contributed by atoms with Crippen LogP contribution < -0.4 is 4.74 Å². The second kappa shape index (κ2) is 4.81. The van der Waals surface area contributed by atoms with Crippen LogP contribution in [0.4, 0.5) is 0 Å². The Labute approximate surface area is 90.1 Å². The van der Waals surface area contributed by atoms with Crippen LogP contribution in [0, 0.1) is 0 Å². The van der Waals surface area contributed by atoms with E-state index in [-0.39, 0.29) is 0 Å². The number of carbonyl (C=O) groups is 1. The minimum absolute atomic E-state index is 0.500. The molecule has 1 aromatic carbocycles. The second-order valence-electron chi connectivity index (χ2n) is 2.57. The van der Waals surface area contributed by atoms with Gasteiger partial charge in [0.1, 0.15) is 5.75 Å². The number of hydrogen-bond acceptors (Lipinski definition) is 2. The molecule has 0 heterocycles. The zero-order valence-electron chi connectivity index (χ0n) is 7.31. The highest BCUT2D eigenvalue weighted by molar-refractivity contribution is 9.10. The van der Waals surface area contributed by atoms with Crippen molar-refractivity contribution < 1.29 is 14.6 Å². The van der Waals surface area contributed by atoms with Crippen molar-refractivity contribution in [1.29, 1.82) is 0 Å². The molecule has 0 radical (unpaired) electrons. The Kier molecular flexibility index (Phi) is 3.71. The molecule has 0 spiro atoms. The molecule has 0 aliphatic carbocycles. The lowest BCUT2D eigenvalue weighted by atomic mass is 10.3. The highest BCUT2D eigenvalue weighted by Crippen LogP contribution is 2.17. The lowest BCUT2D eigenvalue weighted by Crippen LogP contribution is -2.24. The molecule has 74 valence electrons. The van der Waals surface area contributed by atoms with Crippen molar-refractivity contribution in [3.8, 4) is 5.75 Å². The van der Waals surface area contributed by atoms with Crippen LogP contribution in [0.1, 0.15) is 0 Å². The highest BCUT2D eigenvalue weighted by Gasteiger charge is 2.14. The Morgan fingerprint density at radius 1 is 1.50 bits per heavy atom. The first-order chi connectivity index (χ1) is 6.63. The van der Waals surface area contributed by atoms with Gasteiger partial charge in [0, 0.05) is 4.47 Å². The number of carboxylic acid groups (broad SMARTS) is 1. The molecular weight excluding hydrogens is 248 g/mol. The molecule has 0 unspecified atom stereocenters. The summed E-state index contributed by atoms with van der Waals surface area (Å²) in [7, 11) is 0. The van der Waals surface area contributed by atoms with E-state index >= 15 is 0 Å². The highest BCUT2D eigenvalue weighted by atomic mass is 79.9. The summed E-state index contributed by atoms with van der Waals surface area (Å²) >= 11 is 3.27. The zero-order valence-corrected chi connectivity index (χ0v) is 8.90. The quantitative estimate of drug-likeness (QED) is 0.843. The van der Waals surface area contributed by atoms with Crippen molar-refractivity contribution in [2.45, 2.75) is 6.10 Å². The van der Waals surface area contributed by atoms with E-state index in [4.69, 9.17) is 9.84 Å². The summed E-state index contributed by atoms with van der Waals surface area (Å²) in [5.74, 6) is -0.552. The third-order valence-electron chi connectivity index (χ3n) is 1.53. The van der Waals surface area contributed by atoms with Crippen molar-refractivity contribution in [2.24, 2.45) is 0 Å². The number of hydrogen-bond donors (Lipinski definition) is 1. The monoisotopic (exact) mass is 256 g/mol. The fourth-order valence-electron chi connectivity index (χ4n) is 0.859. The first kappa shape index (κ1) is 10.8. The maximum absolute atomic E-state index is 10.6. The van der Waals surface area contributed by atoms with Crippen molar-refractivity contribution in [3.63, 3.8) is 0 Å². The number of ether oxygens (including phenoxy) is 1. The molecule has 0 fully saturated rings. The van der Waals surface area contributed by atoms with Gasteiger partial charge in [0.25, 0.3) is 0 Å². The number of benzene rings is 1. The molecule has 1 N–H and O–H groups in total. The van der Waals surface area contributed by atoms with E-state index in [0.29, 0.717) is 5.75 Å². The van der Waals surface area contributed by atoms with Crippen LogP contribution in [0.2, 0.25) is 0 Å². The van der Waals surface area contributed by atoms with Gasteiger partial charge in [-0.25, -0.2) is 4.79 Å². The van der Waals surface area contributed by atoms with Crippen molar-refractivity contribution in [2.75, 3.05) is 0 Å². The van der Waals surface area contributed by atoms with Crippen LogP contribution in [0.3, 0.4) is 0 Å². The van der Waals surface area contributed by atoms with E-state index in [1.165, 1.54) is 6.08 Å². The van der Waals surface area contributed by atoms with Crippen LogP contribution in [-0.4, -0.2) is 17.2 Å². The number of aliphatic carboxylic acids is 1. The lowest BCUT2D eigenvalue weighted by Gasteiger charge is -2.10. The minimum Gasteiger partial charge on any atom is -0.478 e. The molecule has 0 aliphatic rings. The predicted octanol–water partition coefficient (Wildman–Crippen LogP) is 2.47. The Bertz CT molecular complexity index is 332. The van der Waals surface area contributed by atoms with Crippen LogP contribution in [0.5, 0.6) is 5.75 Å². The Morgan fingerprint density at radius 3 is 2.50 bits per heavy atom. The summed E-state index contributed by atoms with van der Waals surface area (Å²) in [5.41, 5.74) is 0. The molecule has 0 bridgehead atoms. The minimum atomic E-state index is -1.05. The molecule has 3 nitrogen and oxygen atoms in total. The van der Waals surface area contributed by atoms with Crippen molar-refractivity contribution in [1.82, 2.24) is 0 Å². The smallest absolute Gasteiger partial charge is 0.349 e. The van der Waals surface area contributed by atoms with E-state index in [9.17, 15) is 4.79 Å². The molecule has 0 aliphatic heterocycles. The number of carboxylic acids is 1. The summed E-state index contributed by atoms with van der Waals surface area (Å²) < 4.78 is 6.05. The molecule has 0 aromatic heterocycles. The summed E-state index contributed by atoms with van der Waals surface area (Å²) in [6, 6.07) is 6.92. The second-order valence-corrected chi connectivity index (χ2v) is 3.48. The van der Waals surface area contributed by atoms with Crippen LogP contribution >= 0.6 is 15.9 Å². The molecule has 14 heavy (non-hydrogen) atoms. The van der Waals surface area contributed by atoms with E-state index in [0.717, 1.165) is 4.47 Å². The first-order valence-corrected chi connectivity index (χ1v) is 4.70. The first-order valence-electron chi connectivity index (χ1n) is 3.91. The van der Waals surface area contributed by atoms with E-state index in [1.807, 2.05) is 0 Å².